The van der Waals surface area contributed by atoms with Crippen molar-refractivity contribution < 1.29 is 4.79 Å². The Hall–Kier alpha value is -1.52. The summed E-state index contributed by atoms with van der Waals surface area (Å²) in [4.78, 5) is 14.4. The summed E-state index contributed by atoms with van der Waals surface area (Å²) in [6.07, 6.45) is 4.95. The number of hydrogen-bond donors (Lipinski definition) is 1. The smallest absolute Gasteiger partial charge is 0.259 e. The number of hydrogen-bond acceptors (Lipinski definition) is 3. The Labute approximate surface area is 114 Å². The molecule has 1 saturated heterocycles. The Kier molecular flexibility index (Phi) is 4.12. The molecule has 2 N–H and O–H groups in total. The SMILES string of the molecule is CC(C)C1CCCN(C(=O)c2cnn(C)c2N)CC1. The van der Waals surface area contributed by atoms with Crippen LogP contribution >= 0.6 is 0 Å². The minimum atomic E-state index is 0.0232. The van der Waals surface area contributed by atoms with Gasteiger partial charge in [-0.1, -0.05) is 13.8 Å². The van der Waals surface area contributed by atoms with E-state index in [0.717, 1.165) is 31.8 Å². The molecule has 5 heteroatoms. The zero-order valence-electron chi connectivity index (χ0n) is 12.1. The largest absolute Gasteiger partial charge is 0.383 e. The normalized spacial score (nSPS) is 20.6. The summed E-state index contributed by atoms with van der Waals surface area (Å²) in [6, 6.07) is 0. The van der Waals surface area contributed by atoms with E-state index in [-0.39, 0.29) is 5.91 Å². The van der Waals surface area contributed by atoms with E-state index in [1.807, 2.05) is 4.90 Å². The first-order chi connectivity index (χ1) is 9.00. The van der Waals surface area contributed by atoms with E-state index in [1.54, 1.807) is 17.9 Å². The van der Waals surface area contributed by atoms with Gasteiger partial charge in [-0.3, -0.25) is 9.48 Å². The molecular formula is C14H24N4O. The number of likely N-dealkylation sites (tertiary alicyclic amines) is 1. The minimum Gasteiger partial charge on any atom is -0.383 e. The number of aromatic nitrogens is 2. The molecule has 2 heterocycles. The first-order valence-electron chi connectivity index (χ1n) is 7.07. The van der Waals surface area contributed by atoms with Gasteiger partial charge in [0.1, 0.15) is 11.4 Å². The van der Waals surface area contributed by atoms with Crippen molar-refractivity contribution in [3.8, 4) is 0 Å². The topological polar surface area (TPSA) is 64.2 Å². The van der Waals surface area contributed by atoms with Gasteiger partial charge < -0.3 is 10.6 Å². The third kappa shape index (κ3) is 2.91. The summed E-state index contributed by atoms with van der Waals surface area (Å²) < 4.78 is 1.54. The summed E-state index contributed by atoms with van der Waals surface area (Å²) in [5.41, 5.74) is 6.41. The molecule has 1 aromatic rings. The second-order valence-corrected chi connectivity index (χ2v) is 5.79. The lowest BCUT2D eigenvalue weighted by atomic mass is 9.89. The molecule has 1 amide bonds. The number of nitrogens with two attached hydrogens (primary N) is 1. The number of rotatable bonds is 2. The van der Waals surface area contributed by atoms with Crippen molar-refractivity contribution in [3.05, 3.63) is 11.8 Å². The molecule has 0 aliphatic carbocycles. The van der Waals surface area contributed by atoms with Gasteiger partial charge in [0.25, 0.3) is 5.91 Å². The maximum atomic E-state index is 12.5. The lowest BCUT2D eigenvalue weighted by Gasteiger charge is -2.21. The Morgan fingerprint density at radius 1 is 1.42 bits per heavy atom. The fourth-order valence-corrected chi connectivity index (χ4v) is 2.77. The van der Waals surface area contributed by atoms with Gasteiger partial charge in [0, 0.05) is 20.1 Å². The molecule has 0 aromatic carbocycles. The van der Waals surface area contributed by atoms with E-state index in [1.165, 1.54) is 6.42 Å². The first kappa shape index (κ1) is 13.9. The summed E-state index contributed by atoms with van der Waals surface area (Å²) in [5.74, 6) is 1.90. The van der Waals surface area contributed by atoms with Crippen molar-refractivity contribution in [2.45, 2.75) is 33.1 Å². The van der Waals surface area contributed by atoms with Crippen LogP contribution in [0.15, 0.2) is 6.20 Å². The zero-order chi connectivity index (χ0) is 14.0. The molecule has 1 unspecified atom stereocenters. The lowest BCUT2D eigenvalue weighted by Crippen LogP contribution is -2.32. The van der Waals surface area contributed by atoms with Crippen LogP contribution in [-0.4, -0.2) is 33.7 Å². The van der Waals surface area contributed by atoms with E-state index >= 15 is 0 Å². The molecule has 0 saturated carbocycles. The van der Waals surface area contributed by atoms with Gasteiger partial charge in [-0.15, -0.1) is 0 Å². The summed E-state index contributed by atoms with van der Waals surface area (Å²) >= 11 is 0. The second kappa shape index (κ2) is 5.63. The predicted octanol–water partition coefficient (Wildman–Crippen LogP) is 1.90. The number of aryl methyl sites for hydroxylation is 1. The van der Waals surface area contributed by atoms with Crippen LogP contribution in [0, 0.1) is 11.8 Å². The third-order valence-electron chi connectivity index (χ3n) is 4.22. The maximum Gasteiger partial charge on any atom is 0.259 e. The molecule has 0 bridgehead atoms. The number of carbonyl (C=O) groups is 1. The summed E-state index contributed by atoms with van der Waals surface area (Å²) in [5, 5.41) is 4.04. The number of amides is 1. The minimum absolute atomic E-state index is 0.0232. The Bertz CT molecular complexity index is 452. The molecule has 1 aliphatic heterocycles. The Balaban J connectivity index is 2.06. The molecule has 0 radical (unpaired) electrons. The van der Waals surface area contributed by atoms with Crippen LogP contribution in [0.4, 0.5) is 5.82 Å². The number of anilines is 1. The summed E-state index contributed by atoms with van der Waals surface area (Å²) in [6.45, 7) is 6.19. The average molecular weight is 264 g/mol. The van der Waals surface area contributed by atoms with Gasteiger partial charge in [-0.05, 0) is 31.1 Å². The van der Waals surface area contributed by atoms with E-state index in [0.29, 0.717) is 17.3 Å². The Morgan fingerprint density at radius 2 is 2.16 bits per heavy atom. The van der Waals surface area contributed by atoms with Crippen LogP contribution < -0.4 is 5.73 Å². The van der Waals surface area contributed by atoms with Crippen molar-refractivity contribution in [1.29, 1.82) is 0 Å². The van der Waals surface area contributed by atoms with Crippen LogP contribution in [0.3, 0.4) is 0 Å². The fraction of sp³-hybridized carbons (Fsp3) is 0.714. The molecule has 1 aliphatic rings. The van der Waals surface area contributed by atoms with Gasteiger partial charge in [-0.2, -0.15) is 5.10 Å². The highest BCUT2D eigenvalue weighted by Crippen LogP contribution is 2.25. The van der Waals surface area contributed by atoms with Crippen LogP contribution in [-0.2, 0) is 7.05 Å². The monoisotopic (exact) mass is 264 g/mol. The van der Waals surface area contributed by atoms with E-state index in [4.69, 9.17) is 5.73 Å². The van der Waals surface area contributed by atoms with E-state index in [2.05, 4.69) is 18.9 Å². The lowest BCUT2D eigenvalue weighted by molar-refractivity contribution is 0.0760. The number of carbonyl (C=O) groups excluding carboxylic acids is 1. The molecular weight excluding hydrogens is 240 g/mol. The van der Waals surface area contributed by atoms with Crippen LogP contribution in [0.5, 0.6) is 0 Å². The highest BCUT2D eigenvalue weighted by Gasteiger charge is 2.25. The standard InChI is InChI=1S/C14H24N4O/c1-10(2)11-5-4-7-18(8-6-11)14(19)12-9-16-17(3)13(12)15/h9-11H,4-8,15H2,1-3H3. The molecule has 1 fully saturated rings. The summed E-state index contributed by atoms with van der Waals surface area (Å²) in [7, 11) is 1.75. The van der Waals surface area contributed by atoms with Crippen molar-refractivity contribution in [2.24, 2.45) is 18.9 Å². The molecule has 19 heavy (non-hydrogen) atoms. The van der Waals surface area contributed by atoms with Crippen molar-refractivity contribution >= 4 is 11.7 Å². The maximum absolute atomic E-state index is 12.5. The van der Waals surface area contributed by atoms with Crippen LogP contribution in [0.2, 0.25) is 0 Å². The van der Waals surface area contributed by atoms with Gasteiger partial charge in [-0.25, -0.2) is 0 Å². The van der Waals surface area contributed by atoms with Crippen molar-refractivity contribution in [1.82, 2.24) is 14.7 Å². The molecule has 1 aromatic heterocycles. The number of nitrogens with zero attached hydrogens (tertiary/aromatic N) is 3. The Morgan fingerprint density at radius 3 is 2.74 bits per heavy atom. The second-order valence-electron chi connectivity index (χ2n) is 5.79. The van der Waals surface area contributed by atoms with Gasteiger partial charge >= 0.3 is 0 Å². The predicted molar refractivity (Wildman–Crippen MR) is 75.7 cm³/mol. The molecule has 5 nitrogen and oxygen atoms in total. The zero-order valence-corrected chi connectivity index (χ0v) is 12.1. The van der Waals surface area contributed by atoms with Crippen molar-refractivity contribution in [2.75, 3.05) is 18.8 Å². The first-order valence-corrected chi connectivity index (χ1v) is 7.07. The fourth-order valence-electron chi connectivity index (χ4n) is 2.77. The molecule has 106 valence electrons. The third-order valence-corrected chi connectivity index (χ3v) is 4.22. The highest BCUT2D eigenvalue weighted by molar-refractivity contribution is 5.98. The van der Waals surface area contributed by atoms with Gasteiger partial charge in [0.05, 0.1) is 6.20 Å². The highest BCUT2D eigenvalue weighted by atomic mass is 16.2. The quantitative estimate of drug-likeness (QED) is 0.887. The molecule has 2 rings (SSSR count). The van der Waals surface area contributed by atoms with Crippen molar-refractivity contribution in [3.63, 3.8) is 0 Å². The van der Waals surface area contributed by atoms with E-state index in [9.17, 15) is 4.79 Å². The van der Waals surface area contributed by atoms with Crippen LogP contribution in [0.1, 0.15) is 43.5 Å². The van der Waals surface area contributed by atoms with Gasteiger partial charge in [0.2, 0.25) is 0 Å². The number of nitrogen functional groups attached to an aromatic ring is 1. The van der Waals surface area contributed by atoms with Gasteiger partial charge in [0.15, 0.2) is 0 Å². The molecule has 0 spiro atoms. The van der Waals surface area contributed by atoms with E-state index < -0.39 is 0 Å². The average Bonchev–Trinajstić information content (AvgIpc) is 2.60. The molecule has 1 atom stereocenters. The van der Waals surface area contributed by atoms with Crippen LogP contribution in [0.25, 0.3) is 0 Å².